The summed E-state index contributed by atoms with van der Waals surface area (Å²) in [5, 5.41) is 2.02. The van der Waals surface area contributed by atoms with E-state index in [9.17, 15) is 0 Å². The third kappa shape index (κ3) is 2.36. The molecule has 1 aromatic heterocycles. The molecule has 1 rings (SSSR count). The van der Waals surface area contributed by atoms with E-state index < -0.39 is 0 Å². The van der Waals surface area contributed by atoms with Crippen LogP contribution in [0.25, 0.3) is 0 Å². The first kappa shape index (κ1) is 8.17. The molecule has 0 aliphatic heterocycles. The maximum atomic E-state index is 5.58. The van der Waals surface area contributed by atoms with Crippen molar-refractivity contribution in [2.24, 2.45) is 5.73 Å². The van der Waals surface area contributed by atoms with Gasteiger partial charge in [-0.1, -0.05) is 0 Å². The predicted molar refractivity (Wildman–Crippen MR) is 47.2 cm³/mol. The number of hydrogen-bond acceptors (Lipinski definition) is 3. The molecule has 1 heterocycles. The second-order valence-electron chi connectivity index (χ2n) is 2.27. The molecule has 0 bridgehead atoms. The van der Waals surface area contributed by atoms with E-state index in [-0.39, 0.29) is 6.04 Å². The quantitative estimate of drug-likeness (QED) is 0.826. The van der Waals surface area contributed by atoms with Crippen LogP contribution in [0.2, 0.25) is 0 Å². The molecule has 0 aliphatic carbocycles. The van der Waals surface area contributed by atoms with Gasteiger partial charge in [-0.25, -0.2) is 4.98 Å². The third-order valence-electron chi connectivity index (χ3n) is 1.05. The van der Waals surface area contributed by atoms with E-state index in [0.29, 0.717) is 0 Å². The maximum absolute atomic E-state index is 5.58. The van der Waals surface area contributed by atoms with Gasteiger partial charge >= 0.3 is 0 Å². The van der Waals surface area contributed by atoms with Crippen molar-refractivity contribution in [2.45, 2.75) is 19.4 Å². The topological polar surface area (TPSA) is 38.9 Å². The molecule has 2 nitrogen and oxygen atoms in total. The second-order valence-corrected chi connectivity index (χ2v) is 4.41. The van der Waals surface area contributed by atoms with Crippen LogP contribution in [-0.4, -0.2) is 11.0 Å². The molecular weight excluding hydrogens is 212 g/mol. The summed E-state index contributed by atoms with van der Waals surface area (Å²) >= 11 is 4.89. The van der Waals surface area contributed by atoms with Gasteiger partial charge in [0.15, 0.2) is 3.92 Å². The molecule has 0 radical (unpaired) electrons. The van der Waals surface area contributed by atoms with E-state index in [4.69, 9.17) is 5.73 Å². The average Bonchev–Trinajstić information content (AvgIpc) is 2.13. The summed E-state index contributed by atoms with van der Waals surface area (Å²) in [7, 11) is 0. The molecule has 0 aliphatic rings. The number of thiazole rings is 1. The summed E-state index contributed by atoms with van der Waals surface area (Å²) in [6.45, 7) is 1.98. The Hall–Kier alpha value is 0.0700. The Morgan fingerprint density at radius 2 is 2.60 bits per heavy atom. The van der Waals surface area contributed by atoms with Gasteiger partial charge in [0, 0.05) is 17.8 Å². The van der Waals surface area contributed by atoms with Crippen LogP contribution in [0.15, 0.2) is 9.30 Å². The lowest BCUT2D eigenvalue weighted by Crippen LogP contribution is -2.17. The highest BCUT2D eigenvalue weighted by Gasteiger charge is 2.00. The fourth-order valence-corrected chi connectivity index (χ4v) is 1.77. The van der Waals surface area contributed by atoms with Crippen molar-refractivity contribution in [3.63, 3.8) is 0 Å². The number of nitrogens with two attached hydrogens (primary N) is 1. The smallest absolute Gasteiger partial charge is 0.159 e. The number of hydrogen-bond donors (Lipinski definition) is 1. The van der Waals surface area contributed by atoms with Gasteiger partial charge in [0.2, 0.25) is 0 Å². The van der Waals surface area contributed by atoms with E-state index in [1.807, 2.05) is 12.3 Å². The molecule has 1 aromatic rings. The molecule has 10 heavy (non-hydrogen) atoms. The Morgan fingerprint density at radius 1 is 1.90 bits per heavy atom. The molecule has 0 spiro atoms. The summed E-state index contributed by atoms with van der Waals surface area (Å²) in [6, 6.07) is 0.203. The highest BCUT2D eigenvalue weighted by molar-refractivity contribution is 9.11. The van der Waals surface area contributed by atoms with Gasteiger partial charge in [-0.05, 0) is 22.9 Å². The lowest BCUT2D eigenvalue weighted by atomic mass is 10.2. The van der Waals surface area contributed by atoms with Crippen LogP contribution < -0.4 is 5.73 Å². The summed E-state index contributed by atoms with van der Waals surface area (Å²) in [5.41, 5.74) is 6.66. The monoisotopic (exact) mass is 220 g/mol. The van der Waals surface area contributed by atoms with Crippen molar-refractivity contribution in [3.8, 4) is 0 Å². The van der Waals surface area contributed by atoms with Gasteiger partial charge in [0.1, 0.15) is 0 Å². The third-order valence-corrected chi connectivity index (χ3v) is 2.47. The molecular formula is C6H9BrN2S. The molecule has 0 saturated carbocycles. The van der Waals surface area contributed by atoms with Crippen molar-refractivity contribution in [1.82, 2.24) is 4.98 Å². The minimum atomic E-state index is 0.203. The van der Waals surface area contributed by atoms with Crippen LogP contribution in [0.3, 0.4) is 0 Å². The van der Waals surface area contributed by atoms with E-state index in [2.05, 4.69) is 20.9 Å². The van der Waals surface area contributed by atoms with Crippen LogP contribution in [0.1, 0.15) is 12.6 Å². The average molecular weight is 221 g/mol. The Labute approximate surface area is 72.6 Å². The van der Waals surface area contributed by atoms with Crippen LogP contribution in [0.4, 0.5) is 0 Å². The van der Waals surface area contributed by atoms with Crippen molar-refractivity contribution in [2.75, 3.05) is 0 Å². The minimum absolute atomic E-state index is 0.203. The Morgan fingerprint density at radius 3 is 3.00 bits per heavy atom. The van der Waals surface area contributed by atoms with E-state index in [1.165, 1.54) is 0 Å². The number of halogens is 1. The highest BCUT2D eigenvalue weighted by atomic mass is 79.9. The Bertz CT molecular complexity index is 209. The predicted octanol–water partition coefficient (Wildman–Crippen LogP) is 1.80. The molecule has 2 N–H and O–H groups in total. The highest BCUT2D eigenvalue weighted by Crippen LogP contribution is 2.16. The van der Waals surface area contributed by atoms with Gasteiger partial charge in [-0.2, -0.15) is 0 Å². The zero-order valence-electron chi connectivity index (χ0n) is 5.67. The van der Waals surface area contributed by atoms with E-state index in [0.717, 1.165) is 16.0 Å². The fraction of sp³-hybridized carbons (Fsp3) is 0.500. The molecule has 0 aromatic carbocycles. The standard InChI is InChI=1S/C6H9BrN2S/c1-4(8)2-5-3-10-6(7)9-5/h3-4H,2,8H2,1H3/t4-/m1/s1. The molecule has 4 heteroatoms. The molecule has 0 amide bonds. The number of nitrogens with zero attached hydrogens (tertiary/aromatic N) is 1. The Kier molecular flexibility index (Phi) is 2.82. The van der Waals surface area contributed by atoms with Crippen molar-refractivity contribution < 1.29 is 0 Å². The number of aromatic nitrogens is 1. The number of rotatable bonds is 2. The molecule has 1 atom stereocenters. The summed E-state index contributed by atoms with van der Waals surface area (Å²) in [6.07, 6.45) is 0.863. The summed E-state index contributed by atoms with van der Waals surface area (Å²) in [5.74, 6) is 0. The minimum Gasteiger partial charge on any atom is -0.328 e. The van der Waals surface area contributed by atoms with Crippen molar-refractivity contribution in [1.29, 1.82) is 0 Å². The van der Waals surface area contributed by atoms with Crippen LogP contribution in [0.5, 0.6) is 0 Å². The van der Waals surface area contributed by atoms with Gasteiger partial charge in [-0.3, -0.25) is 0 Å². The summed E-state index contributed by atoms with van der Waals surface area (Å²) in [4.78, 5) is 4.21. The van der Waals surface area contributed by atoms with Gasteiger partial charge < -0.3 is 5.73 Å². The van der Waals surface area contributed by atoms with E-state index >= 15 is 0 Å². The summed E-state index contributed by atoms with van der Waals surface area (Å²) < 4.78 is 0.933. The lowest BCUT2D eigenvalue weighted by Gasteiger charge is -1.98. The van der Waals surface area contributed by atoms with Gasteiger partial charge in [0.05, 0.1) is 5.69 Å². The second kappa shape index (κ2) is 3.46. The molecule has 56 valence electrons. The molecule has 0 fully saturated rings. The Balaban J connectivity index is 2.58. The van der Waals surface area contributed by atoms with Gasteiger partial charge in [0.25, 0.3) is 0 Å². The zero-order valence-corrected chi connectivity index (χ0v) is 8.08. The van der Waals surface area contributed by atoms with Crippen molar-refractivity contribution in [3.05, 3.63) is 15.0 Å². The molecule has 0 unspecified atom stereocenters. The van der Waals surface area contributed by atoms with Gasteiger partial charge in [-0.15, -0.1) is 11.3 Å². The largest absolute Gasteiger partial charge is 0.328 e. The maximum Gasteiger partial charge on any atom is 0.159 e. The molecule has 0 saturated heterocycles. The normalized spacial score (nSPS) is 13.5. The fourth-order valence-electron chi connectivity index (χ4n) is 0.706. The zero-order chi connectivity index (χ0) is 7.56. The van der Waals surface area contributed by atoms with Crippen molar-refractivity contribution >= 4 is 27.3 Å². The van der Waals surface area contributed by atoms with Crippen LogP contribution >= 0.6 is 27.3 Å². The SMILES string of the molecule is C[C@@H](N)Cc1csc(Br)n1. The first-order chi connectivity index (χ1) is 4.68. The first-order valence-electron chi connectivity index (χ1n) is 3.04. The van der Waals surface area contributed by atoms with Crippen LogP contribution in [-0.2, 0) is 6.42 Å². The first-order valence-corrected chi connectivity index (χ1v) is 4.71. The lowest BCUT2D eigenvalue weighted by molar-refractivity contribution is 0.725. The van der Waals surface area contributed by atoms with E-state index in [1.54, 1.807) is 11.3 Å². The van der Waals surface area contributed by atoms with Crippen LogP contribution in [0, 0.1) is 0 Å².